The van der Waals surface area contributed by atoms with Crippen molar-refractivity contribution in [1.82, 2.24) is 5.32 Å². The summed E-state index contributed by atoms with van der Waals surface area (Å²) in [4.78, 5) is 0. The molecule has 1 aromatic carbocycles. The van der Waals surface area contributed by atoms with Gasteiger partial charge in [-0.3, -0.25) is 0 Å². The van der Waals surface area contributed by atoms with E-state index >= 15 is 0 Å². The summed E-state index contributed by atoms with van der Waals surface area (Å²) in [6.07, 6.45) is 4.31. The largest absolute Gasteiger partial charge is 0.490 e. The molecule has 4 heteroatoms. The van der Waals surface area contributed by atoms with Gasteiger partial charge in [0.25, 0.3) is 0 Å². The molecule has 0 aliphatic carbocycles. The van der Waals surface area contributed by atoms with Gasteiger partial charge < -0.3 is 14.8 Å². The summed E-state index contributed by atoms with van der Waals surface area (Å²) in [6, 6.07) is 6.21. The van der Waals surface area contributed by atoms with E-state index in [-0.39, 0.29) is 0 Å². The minimum absolute atomic E-state index is 0.719. The Bertz CT molecular complexity index is 398. The molecule has 0 saturated heterocycles. The van der Waals surface area contributed by atoms with Crippen LogP contribution < -0.4 is 14.8 Å². The fourth-order valence-corrected chi connectivity index (χ4v) is 2.33. The van der Waals surface area contributed by atoms with Crippen molar-refractivity contribution in [1.29, 1.82) is 0 Å². The van der Waals surface area contributed by atoms with Crippen LogP contribution in [-0.4, -0.2) is 31.3 Å². The van der Waals surface area contributed by atoms with E-state index in [1.165, 1.54) is 12.0 Å². The number of hydrogen-bond donors (Lipinski definition) is 1. The number of ether oxygens (including phenoxy) is 2. The van der Waals surface area contributed by atoms with E-state index in [1.807, 2.05) is 17.8 Å². The predicted octanol–water partition coefficient (Wildman–Crippen LogP) is 3.08. The maximum Gasteiger partial charge on any atom is 0.161 e. The Morgan fingerprint density at radius 1 is 1.26 bits per heavy atom. The molecule has 0 bridgehead atoms. The van der Waals surface area contributed by atoms with Crippen molar-refractivity contribution in [3.63, 3.8) is 0 Å². The molecular formula is C15H23NO2S. The van der Waals surface area contributed by atoms with Gasteiger partial charge in [-0.2, -0.15) is 11.8 Å². The first-order valence-electron chi connectivity index (χ1n) is 6.91. The third-order valence-corrected chi connectivity index (χ3v) is 4.31. The zero-order valence-electron chi connectivity index (χ0n) is 11.8. The van der Waals surface area contributed by atoms with Gasteiger partial charge >= 0.3 is 0 Å². The normalized spacial score (nSPS) is 15.9. The summed E-state index contributed by atoms with van der Waals surface area (Å²) in [5, 5.41) is 4.20. The lowest BCUT2D eigenvalue weighted by atomic mass is 10.2. The highest BCUT2D eigenvalue weighted by Gasteiger charge is 2.10. The van der Waals surface area contributed by atoms with Gasteiger partial charge in [-0.15, -0.1) is 0 Å². The maximum absolute atomic E-state index is 5.69. The predicted molar refractivity (Wildman–Crippen MR) is 81.3 cm³/mol. The van der Waals surface area contributed by atoms with Crippen molar-refractivity contribution in [2.75, 3.05) is 26.0 Å². The Morgan fingerprint density at radius 2 is 2.05 bits per heavy atom. The molecule has 1 N–H and O–H groups in total. The molecule has 19 heavy (non-hydrogen) atoms. The van der Waals surface area contributed by atoms with E-state index in [0.29, 0.717) is 0 Å². The van der Waals surface area contributed by atoms with Crippen molar-refractivity contribution in [3.8, 4) is 11.5 Å². The average Bonchev–Trinajstić information content (AvgIpc) is 2.68. The van der Waals surface area contributed by atoms with Crippen LogP contribution in [0.4, 0.5) is 0 Å². The van der Waals surface area contributed by atoms with Crippen LogP contribution in [-0.2, 0) is 6.54 Å². The monoisotopic (exact) mass is 281 g/mol. The number of rotatable bonds is 6. The second-order valence-electron chi connectivity index (χ2n) is 4.84. The Hall–Kier alpha value is -0.870. The lowest BCUT2D eigenvalue weighted by Crippen LogP contribution is -2.17. The molecule has 1 aliphatic heterocycles. The van der Waals surface area contributed by atoms with E-state index in [4.69, 9.17) is 9.47 Å². The van der Waals surface area contributed by atoms with Crippen LogP contribution in [0.15, 0.2) is 18.2 Å². The molecule has 1 aromatic rings. The van der Waals surface area contributed by atoms with Crippen LogP contribution in [0.2, 0.25) is 0 Å². The summed E-state index contributed by atoms with van der Waals surface area (Å²) in [5.41, 5.74) is 1.25. The van der Waals surface area contributed by atoms with Gasteiger partial charge in [0.2, 0.25) is 0 Å². The first kappa shape index (κ1) is 14.5. The second-order valence-corrected chi connectivity index (χ2v) is 6.12. The van der Waals surface area contributed by atoms with Crippen LogP contribution >= 0.6 is 11.8 Å². The number of benzene rings is 1. The fraction of sp³-hybridized carbons (Fsp3) is 0.600. The Labute approximate surface area is 120 Å². The van der Waals surface area contributed by atoms with Gasteiger partial charge in [0.15, 0.2) is 11.5 Å². The summed E-state index contributed by atoms with van der Waals surface area (Å²) in [5.74, 6) is 1.76. The first-order chi connectivity index (χ1) is 9.29. The SMILES string of the molecule is CSC(C)CCNCc1ccc2c(c1)OCCCO2. The topological polar surface area (TPSA) is 30.5 Å². The van der Waals surface area contributed by atoms with Gasteiger partial charge in [0.05, 0.1) is 13.2 Å². The van der Waals surface area contributed by atoms with Crippen molar-refractivity contribution in [3.05, 3.63) is 23.8 Å². The van der Waals surface area contributed by atoms with Crippen molar-refractivity contribution < 1.29 is 9.47 Å². The molecule has 2 rings (SSSR count). The maximum atomic E-state index is 5.69. The summed E-state index contributed by atoms with van der Waals surface area (Å²) in [7, 11) is 0. The molecule has 3 nitrogen and oxygen atoms in total. The molecule has 0 aromatic heterocycles. The highest BCUT2D eigenvalue weighted by molar-refractivity contribution is 7.99. The third kappa shape index (κ3) is 4.62. The average molecular weight is 281 g/mol. The van der Waals surface area contributed by atoms with E-state index in [2.05, 4.69) is 30.6 Å². The van der Waals surface area contributed by atoms with Gasteiger partial charge in [-0.25, -0.2) is 0 Å². The molecular weight excluding hydrogens is 258 g/mol. The van der Waals surface area contributed by atoms with Crippen LogP contribution in [0.25, 0.3) is 0 Å². The third-order valence-electron chi connectivity index (χ3n) is 3.27. The zero-order chi connectivity index (χ0) is 13.5. The zero-order valence-corrected chi connectivity index (χ0v) is 12.6. The van der Waals surface area contributed by atoms with Crippen molar-refractivity contribution in [2.45, 2.75) is 31.6 Å². The van der Waals surface area contributed by atoms with Gasteiger partial charge in [0.1, 0.15) is 0 Å². The molecule has 0 spiro atoms. The van der Waals surface area contributed by atoms with Crippen molar-refractivity contribution >= 4 is 11.8 Å². The number of fused-ring (bicyclic) bond motifs is 1. The van der Waals surface area contributed by atoms with Gasteiger partial charge in [-0.05, 0) is 36.9 Å². The van der Waals surface area contributed by atoms with E-state index in [9.17, 15) is 0 Å². The molecule has 1 atom stereocenters. The molecule has 0 fully saturated rings. The molecule has 0 amide bonds. The molecule has 106 valence electrons. The van der Waals surface area contributed by atoms with E-state index in [0.717, 1.165) is 49.5 Å². The molecule has 0 saturated carbocycles. The van der Waals surface area contributed by atoms with E-state index in [1.54, 1.807) is 0 Å². The fourth-order valence-electron chi connectivity index (χ4n) is 1.97. The molecule has 1 heterocycles. The quantitative estimate of drug-likeness (QED) is 0.812. The highest BCUT2D eigenvalue weighted by Crippen LogP contribution is 2.30. The number of hydrogen-bond acceptors (Lipinski definition) is 4. The Balaban J connectivity index is 1.82. The first-order valence-corrected chi connectivity index (χ1v) is 8.20. The number of thioether (sulfide) groups is 1. The van der Waals surface area contributed by atoms with Crippen LogP contribution in [0.5, 0.6) is 11.5 Å². The second kappa shape index (κ2) is 7.65. The summed E-state index contributed by atoms with van der Waals surface area (Å²) < 4.78 is 11.3. The highest BCUT2D eigenvalue weighted by atomic mass is 32.2. The lowest BCUT2D eigenvalue weighted by Gasteiger charge is -2.11. The number of nitrogens with one attached hydrogen (secondary N) is 1. The minimum atomic E-state index is 0.719. The van der Waals surface area contributed by atoms with Crippen LogP contribution in [0.3, 0.4) is 0 Å². The van der Waals surface area contributed by atoms with Gasteiger partial charge in [-0.1, -0.05) is 13.0 Å². The van der Waals surface area contributed by atoms with Crippen LogP contribution in [0, 0.1) is 0 Å². The van der Waals surface area contributed by atoms with Crippen molar-refractivity contribution in [2.24, 2.45) is 0 Å². The lowest BCUT2D eigenvalue weighted by molar-refractivity contribution is 0.297. The molecule has 0 radical (unpaired) electrons. The van der Waals surface area contributed by atoms with Crippen LogP contribution in [0.1, 0.15) is 25.3 Å². The van der Waals surface area contributed by atoms with Gasteiger partial charge in [0, 0.05) is 18.2 Å². The standard InChI is InChI=1S/C15H23NO2S/c1-12(19-2)6-7-16-11-13-4-5-14-15(10-13)18-9-3-8-17-14/h4-5,10,12,16H,3,6-9,11H2,1-2H3. The summed E-state index contributed by atoms with van der Waals surface area (Å²) >= 11 is 1.92. The Morgan fingerprint density at radius 3 is 2.84 bits per heavy atom. The molecule has 1 aliphatic rings. The minimum Gasteiger partial charge on any atom is -0.490 e. The smallest absolute Gasteiger partial charge is 0.161 e. The molecule has 1 unspecified atom stereocenters. The summed E-state index contributed by atoms with van der Waals surface area (Å²) in [6.45, 7) is 5.69. The Kier molecular flexibility index (Phi) is 5.86. The van der Waals surface area contributed by atoms with E-state index < -0.39 is 0 Å².